The maximum atomic E-state index is 15.6. The van der Waals surface area contributed by atoms with Crippen LogP contribution in [0.5, 0.6) is 0 Å². The second kappa shape index (κ2) is 11.8. The predicted molar refractivity (Wildman–Crippen MR) is 157 cm³/mol. The first-order valence-corrected chi connectivity index (χ1v) is 17.7. The van der Waals surface area contributed by atoms with E-state index in [0.29, 0.717) is 25.3 Å². The van der Waals surface area contributed by atoms with Gasteiger partial charge in [0.15, 0.2) is 0 Å². The van der Waals surface area contributed by atoms with Gasteiger partial charge in [-0.05, 0) is 103 Å². The number of alkyl halides is 4. The highest BCUT2D eigenvalue weighted by molar-refractivity contribution is 7.90. The lowest BCUT2D eigenvalue weighted by atomic mass is 9.41. The topological polar surface area (TPSA) is 104 Å². The number of hydrogen-bond donors (Lipinski definition) is 3. The first-order valence-electron chi connectivity index (χ1n) is 16.2. The Morgan fingerprint density at radius 3 is 2.34 bits per heavy atom. The number of nitrogens with one attached hydrogen (secondary N) is 1. The van der Waals surface area contributed by atoms with E-state index in [1.807, 2.05) is 18.6 Å². The van der Waals surface area contributed by atoms with Gasteiger partial charge in [-0.25, -0.2) is 17.5 Å². The molecular formula is C33H47F4NO5S. The van der Waals surface area contributed by atoms with Crippen molar-refractivity contribution in [3.05, 3.63) is 29.8 Å². The van der Waals surface area contributed by atoms with Crippen LogP contribution in [0.4, 0.5) is 17.6 Å². The molecule has 0 spiro atoms. The van der Waals surface area contributed by atoms with E-state index in [2.05, 4.69) is 13.8 Å². The van der Waals surface area contributed by atoms with Crippen LogP contribution in [0.2, 0.25) is 0 Å². The first kappa shape index (κ1) is 33.6. The number of sulfonamides is 1. The molecule has 0 aromatic heterocycles. The average Bonchev–Trinajstić information content (AvgIpc) is 3.31. The highest BCUT2D eigenvalue weighted by atomic mass is 32.2. The summed E-state index contributed by atoms with van der Waals surface area (Å²) in [4.78, 5) is 11.8. The summed E-state index contributed by atoms with van der Waals surface area (Å²) < 4.78 is 83.1. The minimum Gasteiger partial charge on any atom is -0.393 e. The standard InChI is InChI=1S/C33H47F4NO5S/c1-5-19-28-29(34)24(39)15-17-32(28,4)23-14-16-31(3)20(11-12-22(31)27(23)30(19)41)18(2)10-13-26(40)38-44(42,43)25-9-7-6-8-21(25)33(35,36)37/h6-9,18-20,22-24,27-30,39,41H,5,10-17H2,1-4H3,(H,38,40)/t18-,19-,20?,22?,23?,24-,27?,28?,29+,30-,31-,32-/m1/s1. The van der Waals surface area contributed by atoms with Crippen molar-refractivity contribution >= 4 is 15.9 Å². The number of rotatable bonds is 7. The molecule has 0 saturated heterocycles. The van der Waals surface area contributed by atoms with E-state index in [1.165, 1.54) is 6.07 Å². The van der Waals surface area contributed by atoms with Gasteiger partial charge in [0.1, 0.15) is 6.17 Å². The first-order chi connectivity index (χ1) is 20.5. The van der Waals surface area contributed by atoms with Crippen LogP contribution in [0.25, 0.3) is 0 Å². The van der Waals surface area contributed by atoms with Crippen molar-refractivity contribution < 1.29 is 41.0 Å². The number of halogens is 4. The molecule has 4 saturated carbocycles. The lowest BCUT2D eigenvalue weighted by Crippen LogP contribution is -2.65. The molecule has 4 aliphatic carbocycles. The van der Waals surface area contributed by atoms with Crippen molar-refractivity contribution in [3.63, 3.8) is 0 Å². The quantitative estimate of drug-likeness (QED) is 0.294. The van der Waals surface area contributed by atoms with Crippen LogP contribution in [0.3, 0.4) is 0 Å². The lowest BCUT2D eigenvalue weighted by Gasteiger charge is -2.65. The van der Waals surface area contributed by atoms with E-state index < -0.39 is 50.9 Å². The van der Waals surface area contributed by atoms with E-state index in [0.717, 1.165) is 44.2 Å². The highest BCUT2D eigenvalue weighted by Crippen LogP contribution is 2.69. The minimum absolute atomic E-state index is 0.0294. The van der Waals surface area contributed by atoms with Gasteiger partial charge >= 0.3 is 6.18 Å². The largest absolute Gasteiger partial charge is 0.417 e. The lowest BCUT2D eigenvalue weighted by molar-refractivity contribution is -0.222. The van der Waals surface area contributed by atoms with Crippen molar-refractivity contribution in [3.8, 4) is 0 Å². The van der Waals surface area contributed by atoms with Crippen LogP contribution in [0.15, 0.2) is 29.2 Å². The van der Waals surface area contributed by atoms with Gasteiger partial charge in [-0.3, -0.25) is 4.79 Å². The summed E-state index contributed by atoms with van der Waals surface area (Å²) in [5, 5.41) is 22.2. The normalized spacial score (nSPS) is 41.3. The van der Waals surface area contributed by atoms with E-state index in [9.17, 15) is 36.6 Å². The Morgan fingerprint density at radius 1 is 1.05 bits per heavy atom. The van der Waals surface area contributed by atoms with Gasteiger partial charge in [0.05, 0.1) is 22.7 Å². The van der Waals surface area contributed by atoms with Crippen LogP contribution in [-0.4, -0.2) is 42.9 Å². The Balaban J connectivity index is 1.28. The third-order valence-corrected chi connectivity index (χ3v) is 14.1. The SMILES string of the molecule is CC[C@@H]1C2[C@@H](F)[C@H](O)CC[C@]2(C)C2CC[C@@]3(C)C(CCC3[C@H](C)CCC(=O)NS(=O)(=O)c3ccccc3C(F)(F)F)C2[C@@H]1O. The van der Waals surface area contributed by atoms with Crippen LogP contribution >= 0.6 is 0 Å². The minimum atomic E-state index is -4.89. The second-order valence-corrected chi connectivity index (χ2v) is 16.4. The number of fused-ring (bicyclic) bond motifs is 5. The Hall–Kier alpha value is -1.72. The van der Waals surface area contributed by atoms with Gasteiger partial charge in [0.2, 0.25) is 5.91 Å². The number of benzene rings is 1. The number of hydrogen-bond acceptors (Lipinski definition) is 5. The Kier molecular flexibility index (Phi) is 9.04. The molecule has 0 radical (unpaired) electrons. The molecule has 0 bridgehead atoms. The summed E-state index contributed by atoms with van der Waals surface area (Å²) in [6.45, 7) is 8.49. The fourth-order valence-corrected chi connectivity index (χ4v) is 11.9. The fraction of sp³-hybridized carbons (Fsp3) is 0.788. The zero-order valence-electron chi connectivity index (χ0n) is 26.0. The predicted octanol–water partition coefficient (Wildman–Crippen LogP) is 6.50. The molecule has 0 heterocycles. The van der Waals surface area contributed by atoms with E-state index in [4.69, 9.17) is 0 Å². The van der Waals surface area contributed by atoms with Crippen LogP contribution in [0.1, 0.15) is 91.0 Å². The maximum absolute atomic E-state index is 15.6. The van der Waals surface area contributed by atoms with Gasteiger partial charge in [-0.1, -0.05) is 46.2 Å². The molecule has 0 aliphatic heterocycles. The number of amides is 1. The fourth-order valence-electron chi connectivity index (χ4n) is 10.7. The number of aliphatic hydroxyl groups is 2. The molecule has 5 unspecified atom stereocenters. The molecule has 248 valence electrons. The number of carbonyl (C=O) groups is 1. The molecule has 1 aromatic rings. The van der Waals surface area contributed by atoms with Crippen LogP contribution in [0, 0.1) is 52.3 Å². The molecule has 5 rings (SSSR count). The molecule has 1 amide bonds. The maximum Gasteiger partial charge on any atom is 0.417 e. The molecule has 11 heteroatoms. The summed E-state index contributed by atoms with van der Waals surface area (Å²) in [6.07, 6.45) is -2.20. The number of carbonyl (C=O) groups excluding carboxylic acids is 1. The van der Waals surface area contributed by atoms with Crippen LogP contribution in [-0.2, 0) is 21.0 Å². The highest BCUT2D eigenvalue weighted by Gasteiger charge is 2.66. The third-order valence-electron chi connectivity index (χ3n) is 12.7. The molecule has 4 aliphatic rings. The molecule has 6 nitrogen and oxygen atoms in total. The van der Waals surface area contributed by atoms with Crippen LogP contribution < -0.4 is 4.72 Å². The summed E-state index contributed by atoms with van der Waals surface area (Å²) >= 11 is 0. The zero-order valence-corrected chi connectivity index (χ0v) is 26.8. The molecule has 12 atom stereocenters. The van der Waals surface area contributed by atoms with Crippen molar-refractivity contribution in [2.75, 3.05) is 0 Å². The van der Waals surface area contributed by atoms with Gasteiger partial charge in [-0.2, -0.15) is 13.2 Å². The average molecular weight is 646 g/mol. The smallest absolute Gasteiger partial charge is 0.393 e. The van der Waals surface area contributed by atoms with Gasteiger partial charge < -0.3 is 10.2 Å². The van der Waals surface area contributed by atoms with Gasteiger partial charge in [-0.15, -0.1) is 0 Å². The second-order valence-electron chi connectivity index (χ2n) is 14.7. The molecular weight excluding hydrogens is 598 g/mol. The van der Waals surface area contributed by atoms with E-state index in [-0.39, 0.29) is 58.7 Å². The third kappa shape index (κ3) is 5.50. The Morgan fingerprint density at radius 2 is 1.68 bits per heavy atom. The summed E-state index contributed by atoms with van der Waals surface area (Å²) in [6, 6.07) is 3.79. The Labute approximate surface area is 258 Å². The van der Waals surface area contributed by atoms with Crippen molar-refractivity contribution in [1.82, 2.24) is 4.72 Å². The van der Waals surface area contributed by atoms with Gasteiger partial charge in [0.25, 0.3) is 10.0 Å². The Bertz CT molecular complexity index is 1340. The summed E-state index contributed by atoms with van der Waals surface area (Å²) in [5.74, 6) is -0.741. The molecule has 1 aromatic carbocycles. The molecule has 4 fully saturated rings. The monoisotopic (exact) mass is 645 g/mol. The van der Waals surface area contributed by atoms with E-state index >= 15 is 4.39 Å². The van der Waals surface area contributed by atoms with Crippen molar-refractivity contribution in [2.24, 2.45) is 52.3 Å². The summed E-state index contributed by atoms with van der Waals surface area (Å²) in [5.41, 5.74) is -1.72. The number of aliphatic hydroxyl groups excluding tert-OH is 2. The molecule has 44 heavy (non-hydrogen) atoms. The summed E-state index contributed by atoms with van der Waals surface area (Å²) in [7, 11) is -4.71. The molecule has 3 N–H and O–H groups in total. The zero-order chi connectivity index (χ0) is 32.4. The van der Waals surface area contributed by atoms with Gasteiger partial charge in [0, 0.05) is 12.3 Å². The van der Waals surface area contributed by atoms with Crippen molar-refractivity contribution in [1.29, 1.82) is 0 Å². The van der Waals surface area contributed by atoms with Crippen molar-refractivity contribution in [2.45, 2.75) is 115 Å². The van der Waals surface area contributed by atoms with E-state index in [1.54, 1.807) is 0 Å².